The van der Waals surface area contributed by atoms with Gasteiger partial charge in [-0.15, -0.1) is 0 Å². The van der Waals surface area contributed by atoms with Crippen molar-refractivity contribution in [2.75, 3.05) is 32.6 Å². The van der Waals surface area contributed by atoms with Crippen LogP contribution in [0.1, 0.15) is 13.3 Å². The van der Waals surface area contributed by atoms with Crippen LogP contribution in [-0.4, -0.2) is 38.4 Å². The van der Waals surface area contributed by atoms with Crippen LogP contribution in [0.4, 0.5) is 22.7 Å². The van der Waals surface area contributed by atoms with Gasteiger partial charge >= 0.3 is 11.8 Å². The molecule has 0 aliphatic carbocycles. The van der Waals surface area contributed by atoms with E-state index < -0.39 is 21.8 Å². The Morgan fingerprint density at radius 3 is 1.97 bits per heavy atom. The molecule has 3 N–H and O–H groups in total. The molecule has 0 radical (unpaired) electrons. The fourth-order valence-corrected chi connectivity index (χ4v) is 4.48. The summed E-state index contributed by atoms with van der Waals surface area (Å²) in [6.45, 7) is 1.74. The summed E-state index contributed by atoms with van der Waals surface area (Å²) in [5.74, 6) is -1.98. The number of sulfonamides is 1. The predicted octanol–water partition coefficient (Wildman–Crippen LogP) is 1.76. The lowest BCUT2D eigenvalue weighted by atomic mass is 10.2. The zero-order valence-corrected chi connectivity index (χ0v) is 16.5. The maximum Gasteiger partial charge on any atom is 0.314 e. The molecule has 152 valence electrons. The second kappa shape index (κ2) is 8.31. The van der Waals surface area contributed by atoms with Crippen molar-refractivity contribution in [1.82, 2.24) is 0 Å². The van der Waals surface area contributed by atoms with Gasteiger partial charge in [-0.3, -0.25) is 18.7 Å². The third kappa shape index (κ3) is 5.11. The van der Waals surface area contributed by atoms with Crippen molar-refractivity contribution < 1.29 is 22.8 Å². The predicted molar refractivity (Wildman–Crippen MR) is 110 cm³/mol. The number of carbonyl (C=O) groups is 3. The molecule has 1 saturated heterocycles. The maximum absolute atomic E-state index is 12.2. The molecule has 2 aromatic carbocycles. The molecule has 0 bridgehead atoms. The minimum atomic E-state index is -3.34. The van der Waals surface area contributed by atoms with Crippen LogP contribution in [-0.2, 0) is 24.4 Å². The highest BCUT2D eigenvalue weighted by molar-refractivity contribution is 7.93. The van der Waals surface area contributed by atoms with E-state index in [1.54, 1.807) is 36.4 Å². The molecule has 3 amide bonds. The number of amides is 3. The first-order valence-corrected chi connectivity index (χ1v) is 10.5. The number of carbonyl (C=O) groups excluding carboxylic acids is 3. The Balaban J connectivity index is 1.67. The molecule has 1 fully saturated rings. The lowest BCUT2D eigenvalue weighted by molar-refractivity contribution is -0.132. The van der Waals surface area contributed by atoms with Crippen molar-refractivity contribution >= 4 is 50.5 Å². The van der Waals surface area contributed by atoms with Crippen LogP contribution in [0.2, 0.25) is 0 Å². The summed E-state index contributed by atoms with van der Waals surface area (Å²) < 4.78 is 25.4. The Bertz CT molecular complexity index is 1070. The number of rotatable bonds is 4. The SMILES string of the molecule is CC(=O)Nc1cccc(NC(=O)C(=O)Nc2cccc(N3CCCS3(=O)=O)c2)c1. The molecule has 9 nitrogen and oxygen atoms in total. The smallest absolute Gasteiger partial charge is 0.314 e. The third-order valence-corrected chi connectivity index (χ3v) is 6.01. The monoisotopic (exact) mass is 416 g/mol. The summed E-state index contributed by atoms with van der Waals surface area (Å²) >= 11 is 0. The molecule has 29 heavy (non-hydrogen) atoms. The Morgan fingerprint density at radius 1 is 0.862 bits per heavy atom. The van der Waals surface area contributed by atoms with Gasteiger partial charge in [-0.2, -0.15) is 0 Å². The van der Waals surface area contributed by atoms with Crippen molar-refractivity contribution in [1.29, 1.82) is 0 Å². The van der Waals surface area contributed by atoms with E-state index in [-0.39, 0.29) is 11.7 Å². The molecule has 0 saturated carbocycles. The average molecular weight is 416 g/mol. The van der Waals surface area contributed by atoms with Crippen molar-refractivity contribution in [3.05, 3.63) is 48.5 Å². The number of hydrogen-bond donors (Lipinski definition) is 3. The number of anilines is 4. The highest BCUT2D eigenvalue weighted by Gasteiger charge is 2.28. The Hall–Kier alpha value is -3.40. The summed E-state index contributed by atoms with van der Waals surface area (Å²) in [7, 11) is -3.34. The van der Waals surface area contributed by atoms with Gasteiger partial charge in [0.05, 0.1) is 11.4 Å². The summed E-state index contributed by atoms with van der Waals surface area (Å²) in [5, 5.41) is 7.49. The molecule has 0 atom stereocenters. The van der Waals surface area contributed by atoms with Crippen LogP contribution < -0.4 is 20.3 Å². The zero-order valence-electron chi connectivity index (χ0n) is 15.6. The number of nitrogens with zero attached hydrogens (tertiary/aromatic N) is 1. The highest BCUT2D eigenvalue weighted by atomic mass is 32.2. The Kier molecular flexibility index (Phi) is 5.83. The van der Waals surface area contributed by atoms with Gasteiger partial charge < -0.3 is 16.0 Å². The van der Waals surface area contributed by atoms with Crippen molar-refractivity contribution in [3.8, 4) is 0 Å². The van der Waals surface area contributed by atoms with E-state index in [4.69, 9.17) is 0 Å². The highest BCUT2D eigenvalue weighted by Crippen LogP contribution is 2.26. The molecule has 0 aromatic heterocycles. The average Bonchev–Trinajstić information content (AvgIpc) is 3.00. The minimum absolute atomic E-state index is 0.0868. The van der Waals surface area contributed by atoms with E-state index >= 15 is 0 Å². The number of nitrogens with one attached hydrogen (secondary N) is 3. The first-order valence-electron chi connectivity index (χ1n) is 8.85. The molecule has 1 aliphatic rings. The second-order valence-corrected chi connectivity index (χ2v) is 8.48. The van der Waals surface area contributed by atoms with E-state index in [2.05, 4.69) is 16.0 Å². The standard InChI is InChI=1S/C19H20N4O5S/c1-13(24)20-14-5-2-6-15(11-14)21-18(25)19(26)22-16-7-3-8-17(12-16)23-9-4-10-29(23,27)28/h2-3,5-8,11-12H,4,9-10H2,1H3,(H,20,24)(H,21,25)(H,22,26). The lowest BCUT2D eigenvalue weighted by Crippen LogP contribution is -2.29. The van der Waals surface area contributed by atoms with Gasteiger partial charge in [0.1, 0.15) is 0 Å². The molecule has 1 heterocycles. The summed E-state index contributed by atoms with van der Waals surface area (Å²) in [4.78, 5) is 35.5. The van der Waals surface area contributed by atoms with Crippen LogP contribution in [0.5, 0.6) is 0 Å². The number of hydrogen-bond acceptors (Lipinski definition) is 5. The van der Waals surface area contributed by atoms with Crippen LogP contribution in [0, 0.1) is 0 Å². The van der Waals surface area contributed by atoms with Crippen molar-refractivity contribution in [2.24, 2.45) is 0 Å². The minimum Gasteiger partial charge on any atom is -0.326 e. The summed E-state index contributed by atoms with van der Waals surface area (Å²) in [6.07, 6.45) is 0.541. The second-order valence-electron chi connectivity index (χ2n) is 6.46. The van der Waals surface area contributed by atoms with E-state index in [0.29, 0.717) is 35.7 Å². The van der Waals surface area contributed by atoms with E-state index in [1.807, 2.05) is 0 Å². The maximum atomic E-state index is 12.2. The quantitative estimate of drug-likeness (QED) is 0.655. The van der Waals surface area contributed by atoms with Crippen LogP contribution in [0.3, 0.4) is 0 Å². The summed E-state index contributed by atoms with van der Waals surface area (Å²) in [5.41, 5.74) is 1.56. The fourth-order valence-electron chi connectivity index (χ4n) is 2.92. The molecular formula is C19H20N4O5S. The summed E-state index contributed by atoms with van der Waals surface area (Å²) in [6, 6.07) is 12.7. The Labute approximate surface area is 168 Å². The van der Waals surface area contributed by atoms with Gasteiger partial charge in [-0.05, 0) is 42.8 Å². The van der Waals surface area contributed by atoms with Gasteiger partial charge in [-0.25, -0.2) is 8.42 Å². The van der Waals surface area contributed by atoms with Gasteiger partial charge in [0, 0.05) is 30.5 Å². The van der Waals surface area contributed by atoms with E-state index in [1.165, 1.54) is 23.4 Å². The van der Waals surface area contributed by atoms with E-state index in [0.717, 1.165) is 0 Å². The molecule has 3 rings (SSSR count). The largest absolute Gasteiger partial charge is 0.326 e. The van der Waals surface area contributed by atoms with Crippen LogP contribution >= 0.6 is 0 Å². The molecule has 2 aromatic rings. The van der Waals surface area contributed by atoms with Gasteiger partial charge in [0.25, 0.3) is 0 Å². The fraction of sp³-hybridized carbons (Fsp3) is 0.211. The lowest BCUT2D eigenvalue weighted by Gasteiger charge is -2.17. The van der Waals surface area contributed by atoms with Crippen molar-refractivity contribution in [3.63, 3.8) is 0 Å². The number of benzene rings is 2. The normalized spacial score (nSPS) is 14.9. The van der Waals surface area contributed by atoms with Gasteiger partial charge in [0.2, 0.25) is 15.9 Å². The van der Waals surface area contributed by atoms with Crippen molar-refractivity contribution in [2.45, 2.75) is 13.3 Å². The molecule has 10 heteroatoms. The molecule has 1 aliphatic heterocycles. The topological polar surface area (TPSA) is 125 Å². The third-order valence-electron chi connectivity index (χ3n) is 4.14. The first-order chi connectivity index (χ1) is 13.7. The van der Waals surface area contributed by atoms with E-state index in [9.17, 15) is 22.8 Å². The molecule has 0 unspecified atom stereocenters. The van der Waals surface area contributed by atoms with Gasteiger partial charge in [0.15, 0.2) is 0 Å². The first kappa shape index (κ1) is 20.3. The zero-order chi connectivity index (χ0) is 21.0. The van der Waals surface area contributed by atoms with Crippen LogP contribution in [0.15, 0.2) is 48.5 Å². The molecular weight excluding hydrogens is 396 g/mol. The Morgan fingerprint density at radius 2 is 1.41 bits per heavy atom. The van der Waals surface area contributed by atoms with Crippen LogP contribution in [0.25, 0.3) is 0 Å². The van der Waals surface area contributed by atoms with Gasteiger partial charge in [-0.1, -0.05) is 12.1 Å². The molecule has 0 spiro atoms.